The lowest BCUT2D eigenvalue weighted by Crippen LogP contribution is -2.36. The van der Waals surface area contributed by atoms with Crippen LogP contribution >= 0.6 is 24.0 Å². The minimum absolute atomic E-state index is 0. The predicted octanol–water partition coefficient (Wildman–Crippen LogP) is 3.43. The maximum atomic E-state index is 11.1. The van der Waals surface area contributed by atoms with Crippen LogP contribution in [0.4, 0.5) is 0 Å². The minimum Gasteiger partial charge on any atom is -0.488 e. The predicted molar refractivity (Wildman–Crippen MR) is 121 cm³/mol. The zero-order valence-electron chi connectivity index (χ0n) is 16.7. The Morgan fingerprint density at radius 2 is 1.89 bits per heavy atom. The van der Waals surface area contributed by atoms with Gasteiger partial charge in [0.05, 0.1) is 13.1 Å². The maximum absolute atomic E-state index is 11.1. The number of furan rings is 1. The quantitative estimate of drug-likeness (QED) is 0.307. The van der Waals surface area contributed by atoms with Crippen LogP contribution in [0.25, 0.3) is 0 Å². The molecule has 7 nitrogen and oxygen atoms in total. The minimum atomic E-state index is -0.586. The van der Waals surface area contributed by atoms with Crippen molar-refractivity contribution in [1.29, 1.82) is 0 Å². The van der Waals surface area contributed by atoms with E-state index in [1.165, 1.54) is 0 Å². The van der Waals surface area contributed by atoms with Crippen molar-refractivity contribution in [2.24, 2.45) is 10.7 Å². The summed E-state index contributed by atoms with van der Waals surface area (Å²) in [5, 5.41) is 6.36. The molecule has 0 spiro atoms. The van der Waals surface area contributed by atoms with Crippen molar-refractivity contribution in [2.45, 2.75) is 46.4 Å². The lowest BCUT2D eigenvalue weighted by atomic mass is 10.1. The second kappa shape index (κ2) is 10.9. The number of ether oxygens (including phenoxy) is 1. The number of carbonyl (C=O) groups excluding carboxylic acids is 1. The molecule has 0 aliphatic rings. The van der Waals surface area contributed by atoms with Crippen molar-refractivity contribution < 1.29 is 13.9 Å². The summed E-state index contributed by atoms with van der Waals surface area (Å²) in [5.74, 6) is 1.62. The van der Waals surface area contributed by atoms with Gasteiger partial charge in [0.1, 0.15) is 17.1 Å². The van der Waals surface area contributed by atoms with E-state index in [9.17, 15) is 4.79 Å². The number of nitrogens with one attached hydrogen (secondary N) is 2. The Hall–Kier alpha value is -2.23. The highest BCUT2D eigenvalue weighted by molar-refractivity contribution is 14.0. The largest absolute Gasteiger partial charge is 0.488 e. The van der Waals surface area contributed by atoms with Crippen molar-refractivity contribution in [3.63, 3.8) is 0 Å². The Balaban J connectivity index is 0.00000392. The monoisotopic (exact) mass is 500 g/mol. The number of hydrogen-bond acceptors (Lipinski definition) is 4. The van der Waals surface area contributed by atoms with Crippen LogP contribution in [0.3, 0.4) is 0 Å². The van der Waals surface area contributed by atoms with Crippen molar-refractivity contribution >= 4 is 35.8 Å². The highest BCUT2D eigenvalue weighted by atomic mass is 127. The first-order valence-electron chi connectivity index (χ1n) is 8.96. The summed E-state index contributed by atoms with van der Waals surface area (Å²) in [6, 6.07) is 11.1. The molecule has 4 N–H and O–H groups in total. The number of benzene rings is 1. The molecule has 1 heterocycles. The van der Waals surface area contributed by atoms with Crippen molar-refractivity contribution in [2.75, 3.05) is 6.54 Å². The molecule has 0 bridgehead atoms. The number of para-hydroxylation sites is 1. The molecule has 0 unspecified atom stereocenters. The number of primary amides is 1. The first-order valence-corrected chi connectivity index (χ1v) is 8.96. The first-order chi connectivity index (χ1) is 12.8. The van der Waals surface area contributed by atoms with Gasteiger partial charge in [-0.05, 0) is 45.9 Å². The Bertz CT molecular complexity index is 797. The van der Waals surface area contributed by atoms with Crippen LogP contribution in [-0.2, 0) is 13.1 Å². The summed E-state index contributed by atoms with van der Waals surface area (Å²) >= 11 is 0. The van der Waals surface area contributed by atoms with Crippen molar-refractivity contribution in [3.05, 3.63) is 53.5 Å². The van der Waals surface area contributed by atoms with E-state index in [-0.39, 0.29) is 35.3 Å². The Kier molecular flexibility index (Phi) is 9.30. The molecule has 0 aliphatic heterocycles. The molecular formula is C20H29IN4O3. The van der Waals surface area contributed by atoms with Crippen LogP contribution in [0.2, 0.25) is 0 Å². The molecule has 0 saturated heterocycles. The fourth-order valence-corrected chi connectivity index (χ4v) is 2.35. The van der Waals surface area contributed by atoms with E-state index < -0.39 is 5.91 Å². The summed E-state index contributed by atoms with van der Waals surface area (Å²) in [5.41, 5.74) is 5.92. The van der Waals surface area contributed by atoms with E-state index in [2.05, 4.69) is 15.6 Å². The molecule has 8 heteroatoms. The maximum Gasteiger partial charge on any atom is 0.284 e. The molecular weight excluding hydrogens is 471 g/mol. The Labute approximate surface area is 183 Å². The number of nitrogens with zero attached hydrogens (tertiary/aromatic N) is 1. The lowest BCUT2D eigenvalue weighted by molar-refractivity contribution is 0.0972. The van der Waals surface area contributed by atoms with Gasteiger partial charge in [0, 0.05) is 12.1 Å². The van der Waals surface area contributed by atoms with E-state index in [1.54, 1.807) is 12.1 Å². The highest BCUT2D eigenvalue weighted by Crippen LogP contribution is 2.23. The molecule has 2 aromatic rings. The summed E-state index contributed by atoms with van der Waals surface area (Å²) in [7, 11) is 0. The number of amides is 1. The zero-order valence-corrected chi connectivity index (χ0v) is 19.1. The van der Waals surface area contributed by atoms with Crippen LogP contribution in [0.5, 0.6) is 5.75 Å². The van der Waals surface area contributed by atoms with Crippen LogP contribution in [0, 0.1) is 0 Å². The van der Waals surface area contributed by atoms with Crippen LogP contribution in [0.1, 0.15) is 49.6 Å². The van der Waals surface area contributed by atoms with Gasteiger partial charge >= 0.3 is 0 Å². The van der Waals surface area contributed by atoms with Gasteiger partial charge in [0.25, 0.3) is 5.91 Å². The van der Waals surface area contributed by atoms with Crippen molar-refractivity contribution in [1.82, 2.24) is 10.6 Å². The Morgan fingerprint density at radius 3 is 2.50 bits per heavy atom. The third-order valence-corrected chi connectivity index (χ3v) is 3.48. The average Bonchev–Trinajstić information content (AvgIpc) is 3.06. The fraction of sp³-hybridized carbons (Fsp3) is 0.400. The van der Waals surface area contributed by atoms with E-state index >= 15 is 0 Å². The second-order valence-electron chi connectivity index (χ2n) is 7.00. The third-order valence-electron chi connectivity index (χ3n) is 3.48. The van der Waals surface area contributed by atoms with Gasteiger partial charge in [-0.3, -0.25) is 4.79 Å². The molecule has 0 radical (unpaired) electrons. The second-order valence-corrected chi connectivity index (χ2v) is 7.00. The van der Waals surface area contributed by atoms with E-state index in [0.717, 1.165) is 17.9 Å². The smallest absolute Gasteiger partial charge is 0.284 e. The van der Waals surface area contributed by atoms with Gasteiger partial charge in [-0.1, -0.05) is 18.2 Å². The molecule has 28 heavy (non-hydrogen) atoms. The van der Waals surface area contributed by atoms with Crippen molar-refractivity contribution in [3.8, 4) is 5.75 Å². The topological polar surface area (TPSA) is 102 Å². The van der Waals surface area contributed by atoms with Gasteiger partial charge in [-0.15, -0.1) is 24.0 Å². The molecule has 154 valence electrons. The average molecular weight is 500 g/mol. The van der Waals surface area contributed by atoms with E-state index in [4.69, 9.17) is 14.9 Å². The van der Waals surface area contributed by atoms with Crippen LogP contribution in [-0.4, -0.2) is 24.0 Å². The standard InChI is InChI=1S/C20H28N4O3.HI/c1-5-22-19(24-13-15-10-11-17(26-15)18(21)25)23-12-14-8-6-7-9-16(14)27-20(2,3)4;/h6-11H,5,12-13H2,1-4H3,(H2,21,25)(H2,22,23,24);1H. The molecule has 2 rings (SSSR count). The molecule has 0 saturated carbocycles. The number of guanidine groups is 1. The zero-order chi connectivity index (χ0) is 19.9. The molecule has 0 atom stereocenters. The molecule has 1 aromatic heterocycles. The number of carbonyl (C=O) groups is 1. The highest BCUT2D eigenvalue weighted by Gasteiger charge is 2.14. The molecule has 1 amide bonds. The normalized spacial score (nSPS) is 11.5. The summed E-state index contributed by atoms with van der Waals surface area (Å²) in [6.45, 7) is 9.61. The first kappa shape index (κ1) is 23.8. The Morgan fingerprint density at radius 1 is 1.18 bits per heavy atom. The summed E-state index contributed by atoms with van der Waals surface area (Å²) in [4.78, 5) is 15.7. The van der Waals surface area contributed by atoms with Gasteiger partial charge in [0.15, 0.2) is 11.7 Å². The molecule has 0 fully saturated rings. The summed E-state index contributed by atoms with van der Waals surface area (Å²) in [6.07, 6.45) is 0. The van der Waals surface area contributed by atoms with Crippen LogP contribution in [0.15, 0.2) is 45.8 Å². The summed E-state index contributed by atoms with van der Waals surface area (Å²) < 4.78 is 11.4. The fourth-order valence-electron chi connectivity index (χ4n) is 2.35. The number of halogens is 1. The third kappa shape index (κ3) is 7.79. The number of aliphatic imine (C=N–C) groups is 1. The SMILES string of the molecule is CCNC(=NCc1ccccc1OC(C)(C)C)NCc1ccc(C(N)=O)o1.I. The number of hydrogen-bond donors (Lipinski definition) is 3. The van der Waals surface area contributed by atoms with E-state index in [0.29, 0.717) is 24.8 Å². The van der Waals surface area contributed by atoms with Gasteiger partial charge < -0.3 is 25.5 Å². The van der Waals surface area contributed by atoms with Gasteiger partial charge in [0.2, 0.25) is 0 Å². The van der Waals surface area contributed by atoms with Crippen LogP contribution < -0.4 is 21.1 Å². The van der Waals surface area contributed by atoms with Gasteiger partial charge in [-0.2, -0.15) is 0 Å². The molecule has 1 aromatic carbocycles. The number of rotatable bonds is 7. The molecule has 0 aliphatic carbocycles. The lowest BCUT2D eigenvalue weighted by Gasteiger charge is -2.23. The van der Waals surface area contributed by atoms with Gasteiger partial charge in [-0.25, -0.2) is 4.99 Å². The number of nitrogens with two attached hydrogens (primary N) is 1. The van der Waals surface area contributed by atoms with E-state index in [1.807, 2.05) is 52.0 Å².